The van der Waals surface area contributed by atoms with Crippen LogP contribution in [0.15, 0.2) is 24.5 Å². The first-order valence-electron chi connectivity index (χ1n) is 4.68. The molecular formula is C10H10F2N2O2. The topological polar surface area (TPSA) is 42.4 Å². The minimum atomic E-state index is -2.73. The van der Waals surface area contributed by atoms with Crippen LogP contribution in [0.5, 0.6) is 0 Å². The first kappa shape index (κ1) is 10.8. The monoisotopic (exact) mass is 228 g/mol. The standard InChI is InChI=1S/C10H10F2N2O2/c1-14-9(15)16-6-10(14,8(11)12)7-3-2-4-13-5-7/h2-5,8H,6H2,1H3. The second-order valence-electron chi connectivity index (χ2n) is 3.58. The average Bonchev–Trinajstić information content (AvgIpc) is 2.59. The number of nitrogens with zero attached hydrogens (tertiary/aromatic N) is 2. The summed E-state index contributed by atoms with van der Waals surface area (Å²) < 4.78 is 31.1. The predicted octanol–water partition coefficient (Wildman–Crippen LogP) is 1.62. The van der Waals surface area contributed by atoms with E-state index in [1.165, 1.54) is 25.5 Å². The number of pyridine rings is 1. The van der Waals surface area contributed by atoms with Gasteiger partial charge in [-0.1, -0.05) is 6.07 Å². The van der Waals surface area contributed by atoms with Gasteiger partial charge in [0.05, 0.1) is 0 Å². The molecule has 2 heterocycles. The van der Waals surface area contributed by atoms with E-state index in [1.807, 2.05) is 0 Å². The number of rotatable bonds is 2. The molecule has 6 heteroatoms. The third-order valence-electron chi connectivity index (χ3n) is 2.81. The molecule has 0 bridgehead atoms. The van der Waals surface area contributed by atoms with Crippen molar-refractivity contribution in [3.63, 3.8) is 0 Å². The van der Waals surface area contributed by atoms with Gasteiger partial charge in [0.15, 0.2) is 5.54 Å². The Hall–Kier alpha value is -1.72. The molecule has 4 nitrogen and oxygen atoms in total. The summed E-state index contributed by atoms with van der Waals surface area (Å²) >= 11 is 0. The van der Waals surface area contributed by atoms with Crippen LogP contribution >= 0.6 is 0 Å². The normalized spacial score (nSPS) is 25.0. The Bertz CT molecular complexity index is 399. The quantitative estimate of drug-likeness (QED) is 0.772. The largest absolute Gasteiger partial charge is 0.446 e. The molecule has 0 spiro atoms. The first-order chi connectivity index (χ1) is 7.59. The van der Waals surface area contributed by atoms with E-state index < -0.39 is 18.1 Å². The predicted molar refractivity (Wildman–Crippen MR) is 51.0 cm³/mol. The van der Waals surface area contributed by atoms with Crippen molar-refractivity contribution in [2.24, 2.45) is 0 Å². The molecule has 1 aliphatic heterocycles. The van der Waals surface area contributed by atoms with Gasteiger partial charge in [-0.25, -0.2) is 13.6 Å². The highest BCUT2D eigenvalue weighted by Crippen LogP contribution is 2.38. The average molecular weight is 228 g/mol. The lowest BCUT2D eigenvalue weighted by Crippen LogP contribution is -2.48. The number of alkyl halides is 2. The highest BCUT2D eigenvalue weighted by Gasteiger charge is 2.54. The van der Waals surface area contributed by atoms with Crippen molar-refractivity contribution in [3.05, 3.63) is 30.1 Å². The summed E-state index contributed by atoms with van der Waals surface area (Å²) in [4.78, 5) is 15.9. The zero-order valence-corrected chi connectivity index (χ0v) is 8.56. The van der Waals surface area contributed by atoms with E-state index in [4.69, 9.17) is 0 Å². The van der Waals surface area contributed by atoms with Crippen LogP contribution in [0.2, 0.25) is 0 Å². The Morgan fingerprint density at radius 1 is 1.62 bits per heavy atom. The van der Waals surface area contributed by atoms with Crippen LogP contribution in [0.3, 0.4) is 0 Å². The van der Waals surface area contributed by atoms with Gasteiger partial charge in [-0.15, -0.1) is 0 Å². The van der Waals surface area contributed by atoms with Gasteiger partial charge in [0, 0.05) is 25.0 Å². The van der Waals surface area contributed by atoms with E-state index in [9.17, 15) is 13.6 Å². The molecule has 1 aromatic rings. The summed E-state index contributed by atoms with van der Waals surface area (Å²) in [7, 11) is 1.30. The summed E-state index contributed by atoms with van der Waals surface area (Å²) in [5.74, 6) is 0. The van der Waals surface area contributed by atoms with Crippen molar-refractivity contribution in [3.8, 4) is 0 Å². The van der Waals surface area contributed by atoms with E-state index in [0.29, 0.717) is 0 Å². The molecule has 0 radical (unpaired) electrons. The Morgan fingerprint density at radius 2 is 2.38 bits per heavy atom. The molecule has 0 saturated carbocycles. The maximum Gasteiger partial charge on any atom is 0.410 e. The number of hydrogen-bond acceptors (Lipinski definition) is 3. The van der Waals surface area contributed by atoms with Crippen molar-refractivity contribution in [1.29, 1.82) is 0 Å². The number of likely N-dealkylation sites (N-methyl/N-ethyl adjacent to an activating group) is 1. The van der Waals surface area contributed by atoms with Gasteiger partial charge >= 0.3 is 6.09 Å². The minimum absolute atomic E-state index is 0.276. The lowest BCUT2D eigenvalue weighted by Gasteiger charge is -2.32. The fourth-order valence-electron chi connectivity index (χ4n) is 1.76. The molecule has 1 atom stereocenters. The molecule has 0 aromatic carbocycles. The molecule has 1 aromatic heterocycles. The highest BCUT2D eigenvalue weighted by molar-refractivity contribution is 5.71. The third-order valence-corrected chi connectivity index (χ3v) is 2.81. The number of halogens is 2. The van der Waals surface area contributed by atoms with Gasteiger partial charge < -0.3 is 4.74 Å². The van der Waals surface area contributed by atoms with Gasteiger partial charge in [-0.2, -0.15) is 0 Å². The van der Waals surface area contributed by atoms with Crippen molar-refractivity contribution >= 4 is 6.09 Å². The smallest absolute Gasteiger partial charge is 0.410 e. The van der Waals surface area contributed by atoms with Crippen LogP contribution in [0, 0.1) is 0 Å². The van der Waals surface area contributed by atoms with E-state index in [2.05, 4.69) is 9.72 Å². The molecule has 2 rings (SSSR count). The Labute approximate surface area is 90.8 Å². The van der Waals surface area contributed by atoms with E-state index in [1.54, 1.807) is 6.07 Å². The van der Waals surface area contributed by atoms with Crippen molar-refractivity contribution < 1.29 is 18.3 Å². The maximum absolute atomic E-state index is 13.2. The Balaban J connectivity index is 2.49. The van der Waals surface area contributed by atoms with Crippen LogP contribution in [-0.2, 0) is 10.3 Å². The van der Waals surface area contributed by atoms with E-state index in [0.717, 1.165) is 4.90 Å². The number of cyclic esters (lactones) is 1. The van der Waals surface area contributed by atoms with E-state index in [-0.39, 0.29) is 12.2 Å². The fraction of sp³-hybridized carbons (Fsp3) is 0.400. The summed E-state index contributed by atoms with van der Waals surface area (Å²) in [5, 5.41) is 0. The molecule has 86 valence electrons. The summed E-state index contributed by atoms with van der Waals surface area (Å²) in [5.41, 5.74) is -1.44. The van der Waals surface area contributed by atoms with Gasteiger partial charge in [-0.3, -0.25) is 9.88 Å². The van der Waals surface area contributed by atoms with Crippen LogP contribution in [0.25, 0.3) is 0 Å². The number of ether oxygens (including phenoxy) is 1. The summed E-state index contributed by atoms with van der Waals surface area (Å²) in [6, 6.07) is 3.06. The maximum atomic E-state index is 13.2. The number of hydrogen-bond donors (Lipinski definition) is 0. The van der Waals surface area contributed by atoms with Gasteiger partial charge in [0.1, 0.15) is 6.61 Å². The van der Waals surface area contributed by atoms with Gasteiger partial charge in [0.25, 0.3) is 6.43 Å². The molecule has 1 amide bonds. The molecule has 0 N–H and O–H groups in total. The summed E-state index contributed by atoms with van der Waals surface area (Å²) in [6.07, 6.45) is -0.664. The second-order valence-corrected chi connectivity index (χ2v) is 3.58. The number of carbonyl (C=O) groups is 1. The molecule has 0 aliphatic carbocycles. The zero-order valence-electron chi connectivity index (χ0n) is 8.56. The molecule has 1 fully saturated rings. The lowest BCUT2D eigenvalue weighted by atomic mass is 9.92. The van der Waals surface area contributed by atoms with Crippen molar-refractivity contribution in [2.45, 2.75) is 12.0 Å². The highest BCUT2D eigenvalue weighted by atomic mass is 19.3. The Morgan fingerprint density at radius 3 is 2.81 bits per heavy atom. The molecule has 1 saturated heterocycles. The van der Waals surface area contributed by atoms with Gasteiger partial charge in [-0.05, 0) is 6.07 Å². The molecular weight excluding hydrogens is 218 g/mol. The van der Waals surface area contributed by atoms with Crippen molar-refractivity contribution in [1.82, 2.24) is 9.88 Å². The van der Waals surface area contributed by atoms with Crippen molar-refractivity contribution in [2.75, 3.05) is 13.7 Å². The second kappa shape index (κ2) is 3.70. The SMILES string of the molecule is CN1C(=O)OCC1(c1cccnc1)C(F)F. The number of amides is 1. The zero-order chi connectivity index (χ0) is 11.8. The van der Waals surface area contributed by atoms with Crippen LogP contribution < -0.4 is 0 Å². The molecule has 1 aliphatic rings. The summed E-state index contributed by atoms with van der Waals surface area (Å²) in [6.45, 7) is -0.355. The fourth-order valence-corrected chi connectivity index (χ4v) is 1.76. The minimum Gasteiger partial charge on any atom is -0.446 e. The molecule has 1 unspecified atom stereocenters. The first-order valence-corrected chi connectivity index (χ1v) is 4.68. The Kier molecular flexibility index (Phi) is 2.49. The van der Waals surface area contributed by atoms with Crippen LogP contribution in [0.4, 0.5) is 13.6 Å². The number of aromatic nitrogens is 1. The van der Waals surface area contributed by atoms with E-state index >= 15 is 0 Å². The van der Waals surface area contributed by atoms with Gasteiger partial charge in [0.2, 0.25) is 0 Å². The number of carbonyl (C=O) groups excluding carboxylic acids is 1. The van der Waals surface area contributed by atoms with Crippen LogP contribution in [0.1, 0.15) is 5.56 Å². The van der Waals surface area contributed by atoms with Crippen LogP contribution in [-0.4, -0.2) is 36.1 Å². The molecule has 16 heavy (non-hydrogen) atoms. The lowest BCUT2D eigenvalue weighted by molar-refractivity contribution is -0.0128. The third kappa shape index (κ3) is 1.33.